The van der Waals surface area contributed by atoms with Crippen molar-refractivity contribution in [2.45, 2.75) is 13.5 Å². The van der Waals surface area contributed by atoms with Crippen molar-refractivity contribution in [2.75, 3.05) is 0 Å². The minimum atomic E-state index is 0.938. The van der Waals surface area contributed by atoms with E-state index >= 15 is 0 Å². The highest BCUT2D eigenvalue weighted by Crippen LogP contribution is 2.26. The Morgan fingerprint density at radius 3 is 2.58 bits per heavy atom. The van der Waals surface area contributed by atoms with Crippen LogP contribution in [0.1, 0.15) is 5.82 Å². The maximum atomic E-state index is 4.16. The number of aromatic nitrogens is 2. The molecule has 12 heavy (non-hydrogen) atoms. The van der Waals surface area contributed by atoms with Crippen LogP contribution in [0.2, 0.25) is 0 Å². The SMILES string of the molecule is Cc1nccn1CC(I)=C(I)I. The number of allylic oxidation sites excluding steroid dienone is 1. The summed E-state index contributed by atoms with van der Waals surface area (Å²) in [7, 11) is 0. The predicted octanol–water partition coefficient (Wildman–Crippen LogP) is 3.67. The molecule has 0 aliphatic rings. The van der Waals surface area contributed by atoms with Gasteiger partial charge in [0.05, 0.1) is 8.13 Å². The van der Waals surface area contributed by atoms with Crippen molar-refractivity contribution < 1.29 is 0 Å². The summed E-state index contributed by atoms with van der Waals surface area (Å²) in [5, 5.41) is 0. The van der Waals surface area contributed by atoms with E-state index in [0.29, 0.717) is 0 Å². The normalized spacial score (nSPS) is 10.0. The van der Waals surface area contributed by atoms with E-state index in [2.05, 4.69) is 77.3 Å². The highest BCUT2D eigenvalue weighted by atomic mass is 127. The minimum absolute atomic E-state index is 0.938. The molecule has 1 rings (SSSR count). The Bertz CT molecular complexity index is 299. The summed E-state index contributed by atoms with van der Waals surface area (Å²) in [6, 6.07) is 0. The zero-order chi connectivity index (χ0) is 9.14. The summed E-state index contributed by atoms with van der Waals surface area (Å²) < 4.78 is 4.81. The van der Waals surface area contributed by atoms with Gasteiger partial charge in [-0.3, -0.25) is 0 Å². The van der Waals surface area contributed by atoms with Gasteiger partial charge in [-0.05, 0) is 74.7 Å². The van der Waals surface area contributed by atoms with Crippen LogP contribution >= 0.6 is 67.8 Å². The van der Waals surface area contributed by atoms with Crippen LogP contribution in [-0.4, -0.2) is 9.55 Å². The first-order valence-electron chi connectivity index (χ1n) is 3.28. The smallest absolute Gasteiger partial charge is 0.105 e. The van der Waals surface area contributed by atoms with Gasteiger partial charge in [-0.1, -0.05) is 0 Å². The minimum Gasteiger partial charge on any atom is -0.330 e. The zero-order valence-electron chi connectivity index (χ0n) is 6.39. The maximum absolute atomic E-state index is 4.16. The molecule has 0 radical (unpaired) electrons. The van der Waals surface area contributed by atoms with Gasteiger partial charge >= 0.3 is 0 Å². The highest BCUT2D eigenvalue weighted by molar-refractivity contribution is 14.2. The monoisotopic (exact) mass is 500 g/mol. The molecule has 1 heterocycles. The second-order valence-corrected chi connectivity index (χ2v) is 7.79. The third-order valence-corrected chi connectivity index (χ3v) is 5.68. The van der Waals surface area contributed by atoms with Crippen molar-refractivity contribution >= 4 is 67.8 Å². The molecule has 66 valence electrons. The van der Waals surface area contributed by atoms with E-state index in [0.717, 1.165) is 12.4 Å². The molecule has 0 bridgehead atoms. The van der Waals surface area contributed by atoms with Gasteiger partial charge in [0, 0.05) is 16.0 Å². The van der Waals surface area contributed by atoms with E-state index in [-0.39, 0.29) is 0 Å². The van der Waals surface area contributed by atoms with E-state index in [4.69, 9.17) is 0 Å². The van der Waals surface area contributed by atoms with E-state index < -0.39 is 0 Å². The second kappa shape index (κ2) is 5.13. The van der Waals surface area contributed by atoms with E-state index in [1.54, 1.807) is 0 Å². The van der Waals surface area contributed by atoms with Gasteiger partial charge in [-0.25, -0.2) is 4.98 Å². The Balaban J connectivity index is 2.78. The zero-order valence-corrected chi connectivity index (χ0v) is 12.9. The van der Waals surface area contributed by atoms with Gasteiger partial charge < -0.3 is 4.57 Å². The van der Waals surface area contributed by atoms with Crippen LogP contribution in [0.15, 0.2) is 17.6 Å². The molecule has 0 atom stereocenters. The van der Waals surface area contributed by atoms with Crippen LogP contribution in [-0.2, 0) is 6.54 Å². The Kier molecular flexibility index (Phi) is 4.79. The fourth-order valence-corrected chi connectivity index (χ4v) is 1.49. The molecule has 0 spiro atoms. The topological polar surface area (TPSA) is 17.8 Å². The van der Waals surface area contributed by atoms with E-state index in [1.165, 1.54) is 5.17 Å². The lowest BCUT2D eigenvalue weighted by atomic mass is 10.6. The van der Waals surface area contributed by atoms with Crippen molar-refractivity contribution in [1.82, 2.24) is 9.55 Å². The van der Waals surface area contributed by atoms with Crippen LogP contribution in [0.3, 0.4) is 0 Å². The molecule has 0 fully saturated rings. The van der Waals surface area contributed by atoms with Gasteiger partial charge in [0.15, 0.2) is 0 Å². The average molecular weight is 500 g/mol. The van der Waals surface area contributed by atoms with Crippen molar-refractivity contribution in [3.8, 4) is 0 Å². The molecular formula is C7H7I3N2. The molecule has 0 saturated carbocycles. The van der Waals surface area contributed by atoms with Gasteiger partial charge in [0.25, 0.3) is 0 Å². The molecular weight excluding hydrogens is 493 g/mol. The van der Waals surface area contributed by atoms with Crippen molar-refractivity contribution in [1.29, 1.82) is 0 Å². The summed E-state index contributed by atoms with van der Waals surface area (Å²) in [6.45, 7) is 2.96. The van der Waals surface area contributed by atoms with Crippen LogP contribution in [0.25, 0.3) is 0 Å². The second-order valence-electron chi connectivity index (χ2n) is 2.27. The number of rotatable bonds is 2. The summed E-state index contributed by atoms with van der Waals surface area (Å²) in [6.07, 6.45) is 3.84. The Morgan fingerprint density at radius 1 is 1.50 bits per heavy atom. The number of halogens is 3. The molecule has 5 heteroatoms. The fourth-order valence-electron chi connectivity index (χ4n) is 0.780. The number of hydrogen-bond donors (Lipinski definition) is 0. The molecule has 2 nitrogen and oxygen atoms in total. The van der Waals surface area contributed by atoms with Crippen LogP contribution in [0.4, 0.5) is 0 Å². The number of hydrogen-bond acceptors (Lipinski definition) is 1. The maximum Gasteiger partial charge on any atom is 0.105 e. The molecule has 0 amide bonds. The van der Waals surface area contributed by atoms with Crippen molar-refractivity contribution in [2.24, 2.45) is 0 Å². The number of nitrogens with zero attached hydrogens (tertiary/aromatic N) is 2. The third-order valence-electron chi connectivity index (χ3n) is 1.44. The largest absolute Gasteiger partial charge is 0.330 e. The number of imidazole rings is 1. The standard InChI is InChI=1S/C7H7I3N2/c1-5-11-2-3-12(5)4-6(8)7(9)10/h2-3H,4H2,1H3. The molecule has 1 aromatic heterocycles. The molecule has 0 saturated heterocycles. The lowest BCUT2D eigenvalue weighted by Crippen LogP contribution is -1.98. The first kappa shape index (κ1) is 11.2. The summed E-state index contributed by atoms with van der Waals surface area (Å²) >= 11 is 7.03. The Labute approximate surface area is 113 Å². The highest BCUT2D eigenvalue weighted by Gasteiger charge is 2.00. The van der Waals surface area contributed by atoms with E-state index in [9.17, 15) is 0 Å². The Morgan fingerprint density at radius 2 is 2.17 bits per heavy atom. The van der Waals surface area contributed by atoms with Gasteiger partial charge in [0.2, 0.25) is 0 Å². The summed E-state index contributed by atoms with van der Waals surface area (Å²) in [4.78, 5) is 4.16. The average Bonchev–Trinajstić information content (AvgIpc) is 2.36. The number of aryl methyl sites for hydroxylation is 1. The fraction of sp³-hybridized carbons (Fsp3) is 0.286. The van der Waals surface area contributed by atoms with Gasteiger partial charge in [0.1, 0.15) is 5.82 Å². The van der Waals surface area contributed by atoms with Gasteiger partial charge in [-0.15, -0.1) is 0 Å². The first-order chi connectivity index (χ1) is 5.61. The molecule has 0 aliphatic heterocycles. The lowest BCUT2D eigenvalue weighted by Gasteiger charge is -2.03. The summed E-state index contributed by atoms with van der Waals surface area (Å²) in [5.41, 5.74) is 0. The van der Waals surface area contributed by atoms with Gasteiger partial charge in [-0.2, -0.15) is 0 Å². The van der Waals surface area contributed by atoms with Crippen LogP contribution in [0, 0.1) is 6.92 Å². The Hall–Kier alpha value is 1.14. The quantitative estimate of drug-likeness (QED) is 0.568. The van der Waals surface area contributed by atoms with E-state index in [1.807, 2.05) is 19.3 Å². The van der Waals surface area contributed by atoms with Crippen LogP contribution < -0.4 is 0 Å². The molecule has 0 N–H and O–H groups in total. The molecule has 0 aromatic carbocycles. The van der Waals surface area contributed by atoms with Crippen molar-refractivity contribution in [3.63, 3.8) is 0 Å². The van der Waals surface area contributed by atoms with Crippen LogP contribution in [0.5, 0.6) is 0 Å². The molecule has 1 aromatic rings. The first-order valence-corrected chi connectivity index (χ1v) is 6.52. The summed E-state index contributed by atoms with van der Waals surface area (Å²) in [5.74, 6) is 1.07. The third kappa shape index (κ3) is 3.13. The van der Waals surface area contributed by atoms with Crippen molar-refractivity contribution in [3.05, 3.63) is 23.4 Å². The predicted molar refractivity (Wildman–Crippen MR) is 76.1 cm³/mol. The lowest BCUT2D eigenvalue weighted by molar-refractivity contribution is 0.778. The molecule has 0 aliphatic carbocycles. The molecule has 0 unspecified atom stereocenters.